The number of hydrogen-bond donors (Lipinski definition) is 1. The minimum Gasteiger partial charge on any atom is -0.480 e. The lowest BCUT2D eigenvalue weighted by Gasteiger charge is -2.25. The van der Waals surface area contributed by atoms with Crippen LogP contribution in [0.4, 0.5) is 4.39 Å². The quantitative estimate of drug-likeness (QED) is 0.909. The van der Waals surface area contributed by atoms with E-state index in [0.29, 0.717) is 17.0 Å². The molecule has 6 heteroatoms. The van der Waals surface area contributed by atoms with Crippen LogP contribution in [0.25, 0.3) is 0 Å². The number of aliphatic carboxylic acids is 1. The van der Waals surface area contributed by atoms with E-state index in [4.69, 9.17) is 16.7 Å². The number of nitrogens with zero attached hydrogens (tertiary/aromatic N) is 1. The average Bonchev–Trinajstić information content (AvgIpc) is 3.14. The third-order valence-corrected chi connectivity index (χ3v) is 4.02. The van der Waals surface area contributed by atoms with Crippen LogP contribution in [0.3, 0.4) is 0 Å². The monoisotopic (exact) mass is 313 g/mol. The summed E-state index contributed by atoms with van der Waals surface area (Å²) < 4.78 is 13.8. The van der Waals surface area contributed by atoms with Crippen LogP contribution in [0.1, 0.15) is 31.7 Å². The van der Waals surface area contributed by atoms with Crippen LogP contribution in [0.15, 0.2) is 18.2 Å². The molecule has 4 nitrogen and oxygen atoms in total. The number of amides is 1. The normalized spacial score (nSPS) is 20.4. The molecule has 0 aromatic heterocycles. The molecule has 1 amide bonds. The van der Waals surface area contributed by atoms with Gasteiger partial charge in [-0.15, -0.1) is 0 Å². The molecule has 2 atom stereocenters. The summed E-state index contributed by atoms with van der Waals surface area (Å²) in [6.45, 7) is 3.17. The minimum atomic E-state index is -1.06. The summed E-state index contributed by atoms with van der Waals surface area (Å²) in [6, 6.07) is 4.21. The highest BCUT2D eigenvalue weighted by Crippen LogP contribution is 2.51. The van der Waals surface area contributed by atoms with E-state index >= 15 is 0 Å². The summed E-state index contributed by atoms with van der Waals surface area (Å²) in [7, 11) is 0. The first-order chi connectivity index (χ1) is 9.82. The molecule has 0 aliphatic heterocycles. The van der Waals surface area contributed by atoms with E-state index in [1.807, 2.05) is 0 Å². The van der Waals surface area contributed by atoms with Crippen molar-refractivity contribution in [1.29, 1.82) is 0 Å². The highest BCUT2D eigenvalue weighted by Gasteiger charge is 2.48. The molecular formula is C15H17ClFNO3. The molecular weight excluding hydrogens is 297 g/mol. The Hall–Kier alpha value is -1.62. The minimum absolute atomic E-state index is 0.217. The second kappa shape index (κ2) is 6.02. The number of hydrogen-bond acceptors (Lipinski definition) is 2. The number of carboxylic acids is 1. The Morgan fingerprint density at radius 2 is 2.14 bits per heavy atom. The predicted octanol–water partition coefficient (Wildman–Crippen LogP) is 2.90. The number of halogens is 2. The molecule has 0 heterocycles. The average molecular weight is 314 g/mol. The fourth-order valence-electron chi connectivity index (χ4n) is 2.53. The molecule has 1 N–H and O–H groups in total. The topological polar surface area (TPSA) is 57.6 Å². The molecule has 21 heavy (non-hydrogen) atoms. The zero-order valence-corrected chi connectivity index (χ0v) is 12.6. The third-order valence-electron chi connectivity index (χ3n) is 3.69. The van der Waals surface area contributed by atoms with Crippen LogP contribution < -0.4 is 0 Å². The highest BCUT2D eigenvalue weighted by atomic mass is 35.5. The van der Waals surface area contributed by atoms with Crippen molar-refractivity contribution in [3.63, 3.8) is 0 Å². The first kappa shape index (κ1) is 15.8. The summed E-state index contributed by atoms with van der Waals surface area (Å²) in [5, 5.41) is 9.19. The van der Waals surface area contributed by atoms with Gasteiger partial charge in [0, 0.05) is 28.5 Å². The van der Waals surface area contributed by atoms with Gasteiger partial charge in [0.25, 0.3) is 0 Å². The van der Waals surface area contributed by atoms with Crippen molar-refractivity contribution in [3.8, 4) is 0 Å². The maximum absolute atomic E-state index is 13.8. The van der Waals surface area contributed by atoms with Crippen molar-refractivity contribution in [2.24, 2.45) is 5.92 Å². The molecule has 114 valence electrons. The standard InChI is InChI=1S/C15H17ClFNO3/c1-8(2)18(7-13(19)20)15(21)10-6-9(10)14-11(16)4-3-5-12(14)17/h3-5,8-10H,6-7H2,1-2H3,(H,19,20). The summed E-state index contributed by atoms with van der Waals surface area (Å²) >= 11 is 6.00. The molecule has 0 spiro atoms. The van der Waals surface area contributed by atoms with Crippen LogP contribution in [0, 0.1) is 11.7 Å². The van der Waals surface area contributed by atoms with Crippen molar-refractivity contribution >= 4 is 23.5 Å². The fraction of sp³-hybridized carbons (Fsp3) is 0.467. The smallest absolute Gasteiger partial charge is 0.323 e. The van der Waals surface area contributed by atoms with Crippen molar-refractivity contribution in [1.82, 2.24) is 4.90 Å². The van der Waals surface area contributed by atoms with Gasteiger partial charge in [-0.3, -0.25) is 9.59 Å². The molecule has 1 saturated carbocycles. The number of carboxylic acid groups (broad SMARTS) is 1. The van der Waals surface area contributed by atoms with Gasteiger partial charge in [-0.05, 0) is 32.4 Å². The van der Waals surface area contributed by atoms with E-state index in [1.54, 1.807) is 19.9 Å². The molecule has 1 fully saturated rings. The van der Waals surface area contributed by atoms with Gasteiger partial charge in [-0.2, -0.15) is 0 Å². The van der Waals surface area contributed by atoms with Gasteiger partial charge in [-0.1, -0.05) is 17.7 Å². The second-order valence-corrected chi connectivity index (χ2v) is 5.94. The zero-order chi connectivity index (χ0) is 15.7. The summed E-state index contributed by atoms with van der Waals surface area (Å²) in [5.41, 5.74) is 0.358. The molecule has 0 radical (unpaired) electrons. The SMILES string of the molecule is CC(C)N(CC(=O)O)C(=O)C1CC1c1c(F)cccc1Cl. The van der Waals surface area contributed by atoms with Gasteiger partial charge in [0.2, 0.25) is 5.91 Å². The van der Waals surface area contributed by atoms with Gasteiger partial charge in [0.05, 0.1) is 0 Å². The first-order valence-electron chi connectivity index (χ1n) is 6.79. The maximum atomic E-state index is 13.8. The van der Waals surface area contributed by atoms with Crippen molar-refractivity contribution in [2.75, 3.05) is 6.54 Å². The Balaban J connectivity index is 2.15. The summed E-state index contributed by atoms with van der Waals surface area (Å²) in [6.07, 6.45) is 0.502. The molecule has 2 unspecified atom stereocenters. The predicted molar refractivity (Wildman–Crippen MR) is 76.7 cm³/mol. The molecule has 1 aliphatic rings. The van der Waals surface area contributed by atoms with E-state index in [1.165, 1.54) is 17.0 Å². The lowest BCUT2D eigenvalue weighted by atomic mass is 10.1. The van der Waals surface area contributed by atoms with Gasteiger partial charge < -0.3 is 10.0 Å². The molecule has 1 aromatic rings. The Morgan fingerprint density at radius 1 is 1.48 bits per heavy atom. The van der Waals surface area contributed by atoms with Gasteiger partial charge in [0.15, 0.2) is 0 Å². The molecule has 2 rings (SSSR count). The Labute approximate surface area is 127 Å². The maximum Gasteiger partial charge on any atom is 0.323 e. The Kier molecular flexibility index (Phi) is 4.52. The number of carbonyl (C=O) groups excluding carboxylic acids is 1. The van der Waals surface area contributed by atoms with Crippen molar-refractivity contribution in [2.45, 2.75) is 32.2 Å². The van der Waals surface area contributed by atoms with E-state index in [2.05, 4.69) is 0 Å². The van der Waals surface area contributed by atoms with Gasteiger partial charge in [0.1, 0.15) is 12.4 Å². The Morgan fingerprint density at radius 3 is 2.67 bits per heavy atom. The van der Waals surface area contributed by atoms with E-state index in [-0.39, 0.29) is 30.3 Å². The second-order valence-electron chi connectivity index (χ2n) is 5.54. The Bertz CT molecular complexity index is 556. The molecule has 1 aromatic carbocycles. The van der Waals surface area contributed by atoms with Crippen molar-refractivity contribution in [3.05, 3.63) is 34.6 Å². The number of rotatable bonds is 5. The zero-order valence-electron chi connectivity index (χ0n) is 11.8. The van der Waals surface area contributed by atoms with Crippen molar-refractivity contribution < 1.29 is 19.1 Å². The number of carbonyl (C=O) groups is 2. The molecule has 0 bridgehead atoms. The van der Waals surface area contributed by atoms with Crippen LogP contribution in [0.2, 0.25) is 5.02 Å². The van der Waals surface area contributed by atoms with Crippen LogP contribution in [-0.2, 0) is 9.59 Å². The first-order valence-corrected chi connectivity index (χ1v) is 7.17. The van der Waals surface area contributed by atoms with E-state index < -0.39 is 11.8 Å². The number of benzene rings is 1. The lowest BCUT2D eigenvalue weighted by molar-refractivity contribution is -0.146. The van der Waals surface area contributed by atoms with Crippen LogP contribution in [-0.4, -0.2) is 34.5 Å². The largest absolute Gasteiger partial charge is 0.480 e. The summed E-state index contributed by atoms with van der Waals surface area (Å²) in [5.74, 6) is -2.38. The molecule has 1 aliphatic carbocycles. The molecule has 0 saturated heterocycles. The van der Waals surface area contributed by atoms with Gasteiger partial charge in [-0.25, -0.2) is 4.39 Å². The van der Waals surface area contributed by atoms with Crippen LogP contribution >= 0.6 is 11.6 Å². The fourth-order valence-corrected chi connectivity index (χ4v) is 2.83. The van der Waals surface area contributed by atoms with E-state index in [0.717, 1.165) is 0 Å². The van der Waals surface area contributed by atoms with E-state index in [9.17, 15) is 14.0 Å². The third kappa shape index (κ3) is 3.35. The summed E-state index contributed by atoms with van der Waals surface area (Å²) in [4.78, 5) is 24.5. The lowest BCUT2D eigenvalue weighted by Crippen LogP contribution is -2.41. The van der Waals surface area contributed by atoms with Crippen LogP contribution in [0.5, 0.6) is 0 Å². The van der Waals surface area contributed by atoms with Gasteiger partial charge >= 0.3 is 5.97 Å². The highest BCUT2D eigenvalue weighted by molar-refractivity contribution is 6.31.